The number of fused-ring (bicyclic) bond motifs is 5. The summed E-state index contributed by atoms with van der Waals surface area (Å²) in [5.74, 6) is 0.786. The minimum absolute atomic E-state index is 0.637. The number of nitrogens with zero attached hydrogens (tertiary/aromatic N) is 2. The predicted octanol–water partition coefficient (Wildman–Crippen LogP) is 4.63. The van der Waals surface area contributed by atoms with E-state index in [1.54, 1.807) is 0 Å². The monoisotopic (exact) mass is 358 g/mol. The molecule has 0 N–H and O–H groups in total. The molecule has 0 unspecified atom stereocenters. The summed E-state index contributed by atoms with van der Waals surface area (Å²) >= 11 is 0. The Balaban J connectivity index is 1.78. The quantitative estimate of drug-likeness (QED) is 0.745. The lowest BCUT2D eigenvalue weighted by Crippen LogP contribution is -2.35. The number of anilines is 1. The zero-order valence-electron chi connectivity index (χ0n) is 16.1. The first-order chi connectivity index (χ1) is 13.3. The molecule has 0 amide bonds. The van der Waals surface area contributed by atoms with Crippen molar-refractivity contribution in [3.05, 3.63) is 52.1 Å². The average Bonchev–Trinajstić information content (AvgIpc) is 2.73. The predicted molar refractivity (Wildman–Crippen MR) is 108 cm³/mol. The third-order valence-corrected chi connectivity index (χ3v) is 6.68. The van der Waals surface area contributed by atoms with Gasteiger partial charge < -0.3 is 9.64 Å². The highest BCUT2D eigenvalue weighted by molar-refractivity contribution is 5.86. The second kappa shape index (κ2) is 6.69. The molecule has 138 valence electrons. The van der Waals surface area contributed by atoms with Crippen LogP contribution in [0.25, 0.3) is 11.1 Å². The highest BCUT2D eigenvalue weighted by atomic mass is 16.5. The van der Waals surface area contributed by atoms with Crippen LogP contribution in [0.1, 0.15) is 47.6 Å². The van der Waals surface area contributed by atoms with Crippen molar-refractivity contribution in [1.29, 1.82) is 5.26 Å². The van der Waals surface area contributed by atoms with E-state index in [0.717, 1.165) is 50.4 Å². The Morgan fingerprint density at radius 1 is 1.04 bits per heavy atom. The lowest BCUT2D eigenvalue weighted by molar-refractivity contribution is 0.111. The fourth-order valence-corrected chi connectivity index (χ4v) is 5.19. The van der Waals surface area contributed by atoms with Gasteiger partial charge in [0.05, 0.1) is 24.5 Å². The zero-order chi connectivity index (χ0) is 18.4. The maximum Gasteiger partial charge on any atom is 0.102 e. The topological polar surface area (TPSA) is 36.3 Å². The molecule has 2 heterocycles. The molecule has 2 aromatic carbocycles. The van der Waals surface area contributed by atoms with E-state index in [9.17, 15) is 5.26 Å². The number of nitriles is 1. The van der Waals surface area contributed by atoms with E-state index in [0.29, 0.717) is 6.61 Å². The van der Waals surface area contributed by atoms with Crippen LogP contribution in [0.2, 0.25) is 0 Å². The summed E-state index contributed by atoms with van der Waals surface area (Å²) in [5, 5.41) is 10.1. The van der Waals surface area contributed by atoms with Crippen molar-refractivity contribution in [3.8, 4) is 17.2 Å². The summed E-state index contributed by atoms with van der Waals surface area (Å²) in [5.41, 5.74) is 10.2. The smallest absolute Gasteiger partial charge is 0.102 e. The molecule has 0 spiro atoms. The molecular formula is C24H26N2O. The molecule has 0 radical (unpaired) electrons. The minimum Gasteiger partial charge on any atom is -0.376 e. The van der Waals surface area contributed by atoms with Crippen LogP contribution in [0, 0.1) is 17.2 Å². The first-order valence-corrected chi connectivity index (χ1v) is 10.3. The second-order valence-corrected chi connectivity index (χ2v) is 8.28. The van der Waals surface area contributed by atoms with Gasteiger partial charge in [-0.2, -0.15) is 5.26 Å². The Morgan fingerprint density at radius 3 is 2.67 bits per heavy atom. The van der Waals surface area contributed by atoms with Gasteiger partial charge in [-0.15, -0.1) is 0 Å². The maximum atomic E-state index is 10.1. The minimum atomic E-state index is 0.637. The van der Waals surface area contributed by atoms with Gasteiger partial charge in [0.15, 0.2) is 0 Å². The second-order valence-electron chi connectivity index (χ2n) is 8.28. The molecule has 0 bridgehead atoms. The Hall–Kier alpha value is -2.31. The summed E-state index contributed by atoms with van der Waals surface area (Å²) in [4.78, 5) is 2.51. The molecule has 2 aliphatic heterocycles. The first kappa shape index (κ1) is 16.8. The number of hydrogen-bond donors (Lipinski definition) is 0. The standard InChI is InChI=1S/C24H26N2O/c1-16-8-11-26(12-9-16)24-20-7-6-17-4-2-3-5-18(17)23(20)22-15-27-13-10-19(22)21(24)14-25/h2-5,16H,6-13,15H2,1H3. The van der Waals surface area contributed by atoms with Crippen LogP contribution in [0.3, 0.4) is 0 Å². The molecule has 27 heavy (non-hydrogen) atoms. The Kier molecular flexibility index (Phi) is 4.17. The van der Waals surface area contributed by atoms with E-state index in [1.165, 1.54) is 51.9 Å². The lowest BCUT2D eigenvalue weighted by Gasteiger charge is -2.38. The molecule has 1 saturated heterocycles. The molecule has 0 saturated carbocycles. The van der Waals surface area contributed by atoms with Gasteiger partial charge in [-0.1, -0.05) is 31.2 Å². The SMILES string of the molecule is CC1CCN(c2c(C#N)c3c(c4c2CCc2ccccc2-4)COCC3)CC1. The number of hydrogen-bond acceptors (Lipinski definition) is 3. The van der Waals surface area contributed by atoms with Crippen LogP contribution in [0.4, 0.5) is 5.69 Å². The largest absolute Gasteiger partial charge is 0.376 e. The van der Waals surface area contributed by atoms with Crippen molar-refractivity contribution in [1.82, 2.24) is 0 Å². The first-order valence-electron chi connectivity index (χ1n) is 10.3. The molecule has 0 atom stereocenters. The van der Waals surface area contributed by atoms with Gasteiger partial charge >= 0.3 is 0 Å². The van der Waals surface area contributed by atoms with Crippen molar-refractivity contribution >= 4 is 5.69 Å². The molecule has 5 rings (SSSR count). The van der Waals surface area contributed by atoms with Crippen molar-refractivity contribution in [2.24, 2.45) is 5.92 Å². The number of ether oxygens (including phenoxy) is 1. The molecule has 0 aromatic heterocycles. The van der Waals surface area contributed by atoms with Crippen molar-refractivity contribution < 1.29 is 4.74 Å². The normalized spacial score (nSPS) is 19.0. The van der Waals surface area contributed by atoms with Gasteiger partial charge in [0, 0.05) is 13.1 Å². The van der Waals surface area contributed by atoms with E-state index in [1.807, 2.05) is 0 Å². The Bertz CT molecular complexity index is 932. The summed E-state index contributed by atoms with van der Waals surface area (Å²) < 4.78 is 5.85. The highest BCUT2D eigenvalue weighted by Gasteiger charge is 2.32. The number of aryl methyl sites for hydroxylation is 1. The summed E-state index contributed by atoms with van der Waals surface area (Å²) in [6, 6.07) is 11.4. The molecule has 3 nitrogen and oxygen atoms in total. The van der Waals surface area contributed by atoms with Crippen LogP contribution < -0.4 is 4.90 Å². The van der Waals surface area contributed by atoms with E-state index in [4.69, 9.17) is 4.74 Å². The van der Waals surface area contributed by atoms with Gasteiger partial charge in [0.2, 0.25) is 0 Å². The number of rotatable bonds is 1. The fourth-order valence-electron chi connectivity index (χ4n) is 5.19. The number of benzene rings is 2. The van der Waals surface area contributed by atoms with Crippen molar-refractivity contribution in [2.45, 2.75) is 45.6 Å². The molecule has 1 fully saturated rings. The molecule has 2 aromatic rings. The maximum absolute atomic E-state index is 10.1. The van der Waals surface area contributed by atoms with Gasteiger partial charge in [-0.25, -0.2) is 0 Å². The van der Waals surface area contributed by atoms with Crippen LogP contribution in [-0.4, -0.2) is 19.7 Å². The Morgan fingerprint density at radius 2 is 1.85 bits per heavy atom. The summed E-state index contributed by atoms with van der Waals surface area (Å²) in [6.07, 6.45) is 5.37. The van der Waals surface area contributed by atoms with Crippen LogP contribution in [0.5, 0.6) is 0 Å². The Labute approximate surface area is 161 Å². The summed E-state index contributed by atoms with van der Waals surface area (Å²) in [6.45, 7) is 5.84. The highest BCUT2D eigenvalue weighted by Crippen LogP contribution is 2.46. The van der Waals surface area contributed by atoms with E-state index in [2.05, 4.69) is 42.2 Å². The molecule has 3 aliphatic rings. The van der Waals surface area contributed by atoms with E-state index < -0.39 is 0 Å². The summed E-state index contributed by atoms with van der Waals surface area (Å²) in [7, 11) is 0. The van der Waals surface area contributed by atoms with Crippen LogP contribution in [-0.2, 0) is 30.6 Å². The van der Waals surface area contributed by atoms with Gasteiger partial charge in [-0.3, -0.25) is 0 Å². The average molecular weight is 358 g/mol. The van der Waals surface area contributed by atoms with Crippen LogP contribution in [0.15, 0.2) is 24.3 Å². The van der Waals surface area contributed by atoms with E-state index >= 15 is 0 Å². The molecular weight excluding hydrogens is 332 g/mol. The molecule has 3 heteroatoms. The molecule has 1 aliphatic carbocycles. The fraction of sp³-hybridized carbons (Fsp3) is 0.458. The van der Waals surface area contributed by atoms with Gasteiger partial charge in [0.1, 0.15) is 6.07 Å². The van der Waals surface area contributed by atoms with E-state index in [-0.39, 0.29) is 0 Å². The third kappa shape index (κ3) is 2.66. The number of piperidine rings is 1. The van der Waals surface area contributed by atoms with Gasteiger partial charge in [0.25, 0.3) is 0 Å². The lowest BCUT2D eigenvalue weighted by atomic mass is 9.77. The third-order valence-electron chi connectivity index (χ3n) is 6.68. The van der Waals surface area contributed by atoms with Gasteiger partial charge in [-0.05, 0) is 71.4 Å². The van der Waals surface area contributed by atoms with Crippen molar-refractivity contribution in [3.63, 3.8) is 0 Å². The van der Waals surface area contributed by atoms with Crippen LogP contribution >= 0.6 is 0 Å². The van der Waals surface area contributed by atoms with Crippen molar-refractivity contribution in [2.75, 3.05) is 24.6 Å². The zero-order valence-corrected chi connectivity index (χ0v) is 16.1.